The maximum Gasteiger partial charge on any atom is 0.227 e. The van der Waals surface area contributed by atoms with Gasteiger partial charge >= 0.3 is 0 Å². The number of likely N-dealkylation sites (tertiary alicyclic amines) is 1. The zero-order chi connectivity index (χ0) is 14.0. The number of amides is 1. The van der Waals surface area contributed by atoms with E-state index in [1.54, 1.807) is 30.0 Å². The van der Waals surface area contributed by atoms with Gasteiger partial charge in [-0.15, -0.1) is 0 Å². The molecule has 2 rings (SSSR count). The lowest BCUT2D eigenvalue weighted by Crippen LogP contribution is -2.31. The third kappa shape index (κ3) is 3.41. The van der Waals surface area contributed by atoms with Gasteiger partial charge in [-0.2, -0.15) is 0 Å². The highest BCUT2D eigenvalue weighted by atomic mass is 35.5. The summed E-state index contributed by atoms with van der Waals surface area (Å²) in [6.45, 7) is 3.07. The van der Waals surface area contributed by atoms with E-state index in [1.165, 1.54) is 0 Å². The molecule has 19 heavy (non-hydrogen) atoms. The van der Waals surface area contributed by atoms with Crippen LogP contribution in [-0.4, -0.2) is 35.1 Å². The first-order valence-electron chi connectivity index (χ1n) is 6.37. The van der Waals surface area contributed by atoms with Crippen LogP contribution in [0.2, 0.25) is 10.0 Å². The van der Waals surface area contributed by atoms with Crippen LogP contribution < -0.4 is 0 Å². The first kappa shape index (κ1) is 14.6. The predicted octanol–water partition coefficient (Wildman–Crippen LogP) is 2.77. The number of hydrogen-bond donors (Lipinski definition) is 1. The lowest BCUT2D eigenvalue weighted by molar-refractivity contribution is -0.129. The van der Waals surface area contributed by atoms with Gasteiger partial charge in [0.05, 0.1) is 12.5 Å². The molecule has 0 aromatic heterocycles. The summed E-state index contributed by atoms with van der Waals surface area (Å²) in [5.41, 5.74) is 0.677. The van der Waals surface area contributed by atoms with Gasteiger partial charge in [0.25, 0.3) is 0 Å². The highest BCUT2D eigenvalue weighted by Gasteiger charge is 2.29. The van der Waals surface area contributed by atoms with Gasteiger partial charge in [-0.3, -0.25) is 4.79 Å². The SMILES string of the molecule is CC(O)C1CCN(C(=O)Cc2c(Cl)cccc2Cl)C1. The number of nitrogens with zero attached hydrogens (tertiary/aromatic N) is 1. The zero-order valence-electron chi connectivity index (χ0n) is 10.8. The number of carbonyl (C=O) groups is 1. The topological polar surface area (TPSA) is 40.5 Å². The van der Waals surface area contributed by atoms with E-state index >= 15 is 0 Å². The van der Waals surface area contributed by atoms with Crippen LogP contribution >= 0.6 is 23.2 Å². The highest BCUT2D eigenvalue weighted by molar-refractivity contribution is 6.36. The third-order valence-corrected chi connectivity index (χ3v) is 4.36. The Labute approximate surface area is 123 Å². The van der Waals surface area contributed by atoms with Crippen molar-refractivity contribution in [3.8, 4) is 0 Å². The molecule has 0 aliphatic carbocycles. The van der Waals surface area contributed by atoms with Gasteiger partial charge < -0.3 is 10.0 Å². The molecule has 2 atom stereocenters. The second-order valence-electron chi connectivity index (χ2n) is 5.01. The van der Waals surface area contributed by atoms with Crippen molar-refractivity contribution in [2.75, 3.05) is 13.1 Å². The first-order chi connectivity index (χ1) is 8.99. The number of rotatable bonds is 3. The summed E-state index contributed by atoms with van der Waals surface area (Å²) in [5.74, 6) is 0.184. The number of carbonyl (C=O) groups excluding carboxylic acids is 1. The van der Waals surface area contributed by atoms with Gasteiger partial charge in [-0.1, -0.05) is 29.3 Å². The fraction of sp³-hybridized carbons (Fsp3) is 0.500. The van der Waals surface area contributed by atoms with Crippen LogP contribution in [0.5, 0.6) is 0 Å². The van der Waals surface area contributed by atoms with Crippen molar-refractivity contribution < 1.29 is 9.90 Å². The van der Waals surface area contributed by atoms with Crippen LogP contribution in [0.25, 0.3) is 0 Å². The third-order valence-electron chi connectivity index (χ3n) is 3.65. The van der Waals surface area contributed by atoms with E-state index in [1.807, 2.05) is 0 Å². The van der Waals surface area contributed by atoms with Crippen molar-refractivity contribution >= 4 is 29.1 Å². The van der Waals surface area contributed by atoms with Gasteiger partial charge in [-0.25, -0.2) is 0 Å². The molecule has 1 fully saturated rings. The number of benzene rings is 1. The summed E-state index contributed by atoms with van der Waals surface area (Å²) in [6.07, 6.45) is 0.687. The van der Waals surface area contributed by atoms with Crippen molar-refractivity contribution in [3.63, 3.8) is 0 Å². The molecule has 1 aromatic rings. The molecule has 1 aromatic carbocycles. The Kier molecular flexibility index (Phi) is 4.71. The van der Waals surface area contributed by atoms with Gasteiger partial charge in [0.15, 0.2) is 0 Å². The van der Waals surface area contributed by atoms with Gasteiger partial charge in [0, 0.05) is 29.1 Å². The summed E-state index contributed by atoms with van der Waals surface area (Å²) in [4.78, 5) is 14.0. The Hall–Kier alpha value is -0.770. The maximum atomic E-state index is 12.2. The number of aliphatic hydroxyl groups is 1. The minimum absolute atomic E-state index is 0.0122. The average molecular weight is 302 g/mol. The molecular formula is C14H17Cl2NO2. The average Bonchev–Trinajstić information content (AvgIpc) is 2.83. The van der Waals surface area contributed by atoms with E-state index in [0.29, 0.717) is 28.7 Å². The molecule has 1 aliphatic heterocycles. The van der Waals surface area contributed by atoms with Crippen molar-refractivity contribution in [2.24, 2.45) is 5.92 Å². The Morgan fingerprint density at radius 3 is 2.63 bits per heavy atom. The standard InChI is InChI=1S/C14H17Cl2NO2/c1-9(18)10-5-6-17(8-10)14(19)7-11-12(15)3-2-4-13(11)16/h2-4,9-10,18H,5-8H2,1H3. The molecule has 1 aliphatic rings. The highest BCUT2D eigenvalue weighted by Crippen LogP contribution is 2.26. The maximum absolute atomic E-state index is 12.2. The largest absolute Gasteiger partial charge is 0.393 e. The van der Waals surface area contributed by atoms with Gasteiger partial charge in [0.1, 0.15) is 0 Å². The Balaban J connectivity index is 2.02. The predicted molar refractivity (Wildman–Crippen MR) is 76.5 cm³/mol. The van der Waals surface area contributed by atoms with Crippen molar-refractivity contribution in [3.05, 3.63) is 33.8 Å². The van der Waals surface area contributed by atoms with Crippen molar-refractivity contribution in [1.29, 1.82) is 0 Å². The molecule has 1 saturated heterocycles. The molecule has 0 bridgehead atoms. The van der Waals surface area contributed by atoms with Crippen LogP contribution in [0.15, 0.2) is 18.2 Å². The zero-order valence-corrected chi connectivity index (χ0v) is 12.3. The van der Waals surface area contributed by atoms with Crippen LogP contribution in [0, 0.1) is 5.92 Å². The van der Waals surface area contributed by atoms with E-state index in [0.717, 1.165) is 6.42 Å². The van der Waals surface area contributed by atoms with Crippen LogP contribution in [0.3, 0.4) is 0 Å². The molecule has 0 saturated carbocycles. The second kappa shape index (κ2) is 6.12. The van der Waals surface area contributed by atoms with E-state index in [-0.39, 0.29) is 24.3 Å². The number of halogens is 2. The molecule has 1 N–H and O–H groups in total. The van der Waals surface area contributed by atoms with E-state index < -0.39 is 0 Å². The summed E-state index contributed by atoms with van der Waals surface area (Å²) in [5, 5.41) is 10.6. The lowest BCUT2D eigenvalue weighted by atomic mass is 10.0. The van der Waals surface area contributed by atoms with Crippen LogP contribution in [0.4, 0.5) is 0 Å². The van der Waals surface area contributed by atoms with Crippen LogP contribution in [-0.2, 0) is 11.2 Å². The molecule has 5 heteroatoms. The summed E-state index contributed by atoms with van der Waals surface area (Å²) >= 11 is 12.1. The smallest absolute Gasteiger partial charge is 0.227 e. The molecule has 1 heterocycles. The molecule has 0 radical (unpaired) electrons. The minimum atomic E-state index is -0.373. The molecule has 104 valence electrons. The Morgan fingerprint density at radius 2 is 2.11 bits per heavy atom. The number of hydrogen-bond acceptors (Lipinski definition) is 2. The second-order valence-corrected chi connectivity index (χ2v) is 5.82. The summed E-state index contributed by atoms with van der Waals surface area (Å²) < 4.78 is 0. The van der Waals surface area contributed by atoms with E-state index in [2.05, 4.69) is 0 Å². The van der Waals surface area contributed by atoms with Crippen LogP contribution in [0.1, 0.15) is 18.9 Å². The van der Waals surface area contributed by atoms with Gasteiger partial charge in [-0.05, 0) is 31.0 Å². The quantitative estimate of drug-likeness (QED) is 0.932. The molecule has 3 nitrogen and oxygen atoms in total. The molecular weight excluding hydrogens is 285 g/mol. The fourth-order valence-corrected chi connectivity index (χ4v) is 2.90. The Morgan fingerprint density at radius 1 is 1.47 bits per heavy atom. The van der Waals surface area contributed by atoms with Gasteiger partial charge in [0.2, 0.25) is 5.91 Å². The van der Waals surface area contributed by atoms with Crippen molar-refractivity contribution in [2.45, 2.75) is 25.9 Å². The number of aliphatic hydroxyl groups excluding tert-OH is 1. The first-order valence-corrected chi connectivity index (χ1v) is 7.13. The summed E-state index contributed by atoms with van der Waals surface area (Å²) in [7, 11) is 0. The van der Waals surface area contributed by atoms with E-state index in [4.69, 9.17) is 23.2 Å². The molecule has 1 amide bonds. The lowest BCUT2D eigenvalue weighted by Gasteiger charge is -2.18. The van der Waals surface area contributed by atoms with E-state index in [9.17, 15) is 9.90 Å². The minimum Gasteiger partial charge on any atom is -0.393 e. The molecule has 2 unspecified atom stereocenters. The normalized spacial score (nSPS) is 20.6. The fourth-order valence-electron chi connectivity index (χ4n) is 2.37. The van der Waals surface area contributed by atoms with Crippen molar-refractivity contribution in [1.82, 2.24) is 4.90 Å². The molecule has 0 spiro atoms. The Bertz CT molecular complexity index is 456. The summed E-state index contributed by atoms with van der Waals surface area (Å²) in [6, 6.07) is 5.23. The monoisotopic (exact) mass is 301 g/mol.